The van der Waals surface area contributed by atoms with Crippen LogP contribution in [0.3, 0.4) is 0 Å². The van der Waals surface area contributed by atoms with Crippen LogP contribution in [0.2, 0.25) is 0 Å². The van der Waals surface area contributed by atoms with Gasteiger partial charge in [0.15, 0.2) is 5.13 Å². The maximum atomic E-state index is 13.1. The molecule has 2 aromatic carbocycles. The van der Waals surface area contributed by atoms with Crippen LogP contribution in [0.15, 0.2) is 54.6 Å². The van der Waals surface area contributed by atoms with Gasteiger partial charge in [-0.1, -0.05) is 41.7 Å². The average molecular weight is 467 g/mol. The highest BCUT2D eigenvalue weighted by molar-refractivity contribution is 7.16. The molecule has 6 nitrogen and oxygen atoms in total. The SMILES string of the molecule is CN(Cc1sc(NC(=O)C(C)(C)NC(=O)c2ccc(F)cc2)nc1-c1ccccc1)C1CC1. The van der Waals surface area contributed by atoms with Gasteiger partial charge in [-0.15, -0.1) is 0 Å². The molecule has 1 aliphatic carbocycles. The molecular weight excluding hydrogens is 439 g/mol. The first-order chi connectivity index (χ1) is 15.7. The predicted octanol–water partition coefficient (Wildman–Crippen LogP) is 4.69. The molecule has 1 saturated carbocycles. The molecule has 172 valence electrons. The number of halogens is 1. The molecule has 0 bridgehead atoms. The molecule has 2 N–H and O–H groups in total. The summed E-state index contributed by atoms with van der Waals surface area (Å²) in [6.45, 7) is 4.00. The number of carbonyl (C=O) groups is 2. The molecule has 0 saturated heterocycles. The number of hydrogen-bond acceptors (Lipinski definition) is 5. The molecule has 4 rings (SSSR count). The van der Waals surface area contributed by atoms with E-state index in [2.05, 4.69) is 22.6 Å². The van der Waals surface area contributed by atoms with Crippen LogP contribution in [0.1, 0.15) is 41.9 Å². The van der Waals surface area contributed by atoms with E-state index in [1.165, 1.54) is 48.4 Å². The zero-order valence-corrected chi connectivity index (χ0v) is 19.7. The van der Waals surface area contributed by atoms with E-state index < -0.39 is 17.3 Å². The number of nitrogens with zero attached hydrogens (tertiary/aromatic N) is 2. The van der Waals surface area contributed by atoms with Gasteiger partial charge in [-0.05, 0) is 58.0 Å². The van der Waals surface area contributed by atoms with E-state index in [4.69, 9.17) is 4.98 Å². The van der Waals surface area contributed by atoms with Crippen molar-refractivity contribution >= 4 is 28.3 Å². The number of nitrogens with one attached hydrogen (secondary N) is 2. The zero-order chi connectivity index (χ0) is 23.6. The van der Waals surface area contributed by atoms with Crippen molar-refractivity contribution in [3.05, 3.63) is 70.9 Å². The van der Waals surface area contributed by atoms with Gasteiger partial charge in [-0.2, -0.15) is 0 Å². The van der Waals surface area contributed by atoms with Gasteiger partial charge >= 0.3 is 0 Å². The van der Waals surface area contributed by atoms with Gasteiger partial charge in [-0.3, -0.25) is 19.8 Å². The number of hydrogen-bond donors (Lipinski definition) is 2. The van der Waals surface area contributed by atoms with Crippen LogP contribution >= 0.6 is 11.3 Å². The van der Waals surface area contributed by atoms with Gasteiger partial charge < -0.3 is 5.32 Å². The first-order valence-corrected chi connectivity index (χ1v) is 11.7. The Bertz CT molecular complexity index is 1140. The van der Waals surface area contributed by atoms with E-state index in [-0.39, 0.29) is 11.5 Å². The van der Waals surface area contributed by atoms with E-state index in [1.54, 1.807) is 13.8 Å². The minimum absolute atomic E-state index is 0.281. The fourth-order valence-corrected chi connectivity index (χ4v) is 4.51. The van der Waals surface area contributed by atoms with Crippen molar-refractivity contribution in [3.8, 4) is 11.3 Å². The topological polar surface area (TPSA) is 74.3 Å². The Labute approximate surface area is 196 Å². The monoisotopic (exact) mass is 466 g/mol. The van der Waals surface area contributed by atoms with Crippen LogP contribution in [-0.4, -0.2) is 40.3 Å². The number of carbonyl (C=O) groups excluding carboxylic acids is 2. The fourth-order valence-electron chi connectivity index (χ4n) is 3.47. The van der Waals surface area contributed by atoms with Gasteiger partial charge in [0.1, 0.15) is 11.4 Å². The average Bonchev–Trinajstić information content (AvgIpc) is 3.57. The van der Waals surface area contributed by atoms with Crippen molar-refractivity contribution in [2.24, 2.45) is 0 Å². The lowest BCUT2D eigenvalue weighted by Gasteiger charge is -2.24. The van der Waals surface area contributed by atoms with Crippen LogP contribution in [0.4, 0.5) is 9.52 Å². The summed E-state index contributed by atoms with van der Waals surface area (Å²) < 4.78 is 13.1. The van der Waals surface area contributed by atoms with Gasteiger partial charge in [0.05, 0.1) is 5.69 Å². The Morgan fingerprint density at radius 2 is 1.79 bits per heavy atom. The Balaban J connectivity index is 1.50. The van der Waals surface area contributed by atoms with Gasteiger partial charge in [0.25, 0.3) is 11.8 Å². The van der Waals surface area contributed by atoms with Crippen LogP contribution in [0, 0.1) is 5.82 Å². The molecule has 2 amide bonds. The number of anilines is 1. The van der Waals surface area contributed by atoms with E-state index in [0.717, 1.165) is 22.7 Å². The number of thiazole rings is 1. The molecule has 8 heteroatoms. The standard InChI is InChI=1S/C25H27FN4O2S/c1-25(2,29-22(31)17-9-11-18(26)12-10-17)23(32)28-24-27-21(16-7-5-4-6-8-16)20(33-24)15-30(3)19-13-14-19/h4-12,19H,13-15H2,1-3H3,(H,29,31)(H,27,28,32). The smallest absolute Gasteiger partial charge is 0.252 e. The Hall–Kier alpha value is -3.10. The van der Waals surface area contributed by atoms with Crippen LogP contribution in [-0.2, 0) is 11.3 Å². The number of benzene rings is 2. The maximum Gasteiger partial charge on any atom is 0.252 e. The van der Waals surface area contributed by atoms with Gasteiger partial charge in [-0.25, -0.2) is 9.37 Å². The van der Waals surface area contributed by atoms with E-state index >= 15 is 0 Å². The molecular formula is C25H27FN4O2S. The third-order valence-corrected chi connectivity index (χ3v) is 6.58. The van der Waals surface area contributed by atoms with Crippen LogP contribution in [0.5, 0.6) is 0 Å². The lowest BCUT2D eigenvalue weighted by molar-refractivity contribution is -0.120. The second-order valence-electron chi connectivity index (χ2n) is 8.84. The van der Waals surface area contributed by atoms with E-state index in [0.29, 0.717) is 11.2 Å². The summed E-state index contributed by atoms with van der Waals surface area (Å²) in [5.41, 5.74) is 0.937. The molecule has 0 aliphatic heterocycles. The van der Waals surface area contributed by atoms with E-state index in [1.807, 2.05) is 30.3 Å². The second kappa shape index (κ2) is 9.41. The molecule has 1 heterocycles. The van der Waals surface area contributed by atoms with Crippen LogP contribution < -0.4 is 10.6 Å². The van der Waals surface area contributed by atoms with Crippen molar-refractivity contribution in [1.82, 2.24) is 15.2 Å². The number of rotatable bonds is 8. The molecule has 0 spiro atoms. The van der Waals surface area contributed by atoms with E-state index in [9.17, 15) is 14.0 Å². The molecule has 0 atom stereocenters. The predicted molar refractivity (Wildman–Crippen MR) is 129 cm³/mol. The normalized spacial score (nSPS) is 13.7. The summed E-state index contributed by atoms with van der Waals surface area (Å²) in [6, 6.07) is 15.7. The van der Waals surface area contributed by atoms with Crippen LogP contribution in [0.25, 0.3) is 11.3 Å². The molecule has 1 aliphatic rings. The highest BCUT2D eigenvalue weighted by atomic mass is 32.1. The Kier molecular flexibility index (Phi) is 6.58. The fraction of sp³-hybridized carbons (Fsp3) is 0.320. The minimum Gasteiger partial charge on any atom is -0.338 e. The second-order valence-corrected chi connectivity index (χ2v) is 9.93. The first kappa shape index (κ1) is 23.1. The molecule has 0 radical (unpaired) electrons. The minimum atomic E-state index is -1.20. The summed E-state index contributed by atoms with van der Waals surface area (Å²) in [7, 11) is 2.11. The highest BCUT2D eigenvalue weighted by Gasteiger charge is 2.32. The highest BCUT2D eigenvalue weighted by Crippen LogP contribution is 2.35. The Morgan fingerprint density at radius 3 is 2.42 bits per heavy atom. The molecule has 0 unspecified atom stereocenters. The third-order valence-electron chi connectivity index (χ3n) is 5.63. The lowest BCUT2D eigenvalue weighted by atomic mass is 10.0. The molecule has 1 aromatic heterocycles. The summed E-state index contributed by atoms with van der Waals surface area (Å²) in [6.07, 6.45) is 2.42. The molecule has 3 aromatic rings. The lowest BCUT2D eigenvalue weighted by Crippen LogP contribution is -2.52. The van der Waals surface area contributed by atoms with Crippen molar-refractivity contribution in [2.75, 3.05) is 12.4 Å². The van der Waals surface area contributed by atoms with Gasteiger partial charge in [0, 0.05) is 28.6 Å². The molecule has 33 heavy (non-hydrogen) atoms. The largest absolute Gasteiger partial charge is 0.338 e. The van der Waals surface area contributed by atoms with Crippen molar-refractivity contribution in [2.45, 2.75) is 44.8 Å². The van der Waals surface area contributed by atoms with Crippen molar-refractivity contribution in [1.29, 1.82) is 0 Å². The zero-order valence-electron chi connectivity index (χ0n) is 18.9. The summed E-state index contributed by atoms with van der Waals surface area (Å²) >= 11 is 1.45. The maximum absolute atomic E-state index is 13.1. The number of aromatic nitrogens is 1. The Morgan fingerprint density at radius 1 is 1.12 bits per heavy atom. The summed E-state index contributed by atoms with van der Waals surface area (Å²) in [5, 5.41) is 6.08. The first-order valence-electron chi connectivity index (χ1n) is 10.9. The third kappa shape index (κ3) is 5.64. The van der Waals surface area contributed by atoms with Crippen molar-refractivity contribution in [3.63, 3.8) is 0 Å². The quantitative estimate of drug-likeness (QED) is 0.505. The number of amides is 2. The summed E-state index contributed by atoms with van der Waals surface area (Å²) in [4.78, 5) is 33.7. The van der Waals surface area contributed by atoms with Crippen molar-refractivity contribution < 1.29 is 14.0 Å². The summed E-state index contributed by atoms with van der Waals surface area (Å²) in [5.74, 6) is -1.26. The molecule has 1 fully saturated rings. The van der Waals surface area contributed by atoms with Gasteiger partial charge in [0.2, 0.25) is 0 Å².